The van der Waals surface area contributed by atoms with E-state index in [-0.39, 0.29) is 23.8 Å². The van der Waals surface area contributed by atoms with Crippen molar-refractivity contribution in [3.63, 3.8) is 0 Å². The van der Waals surface area contributed by atoms with Gasteiger partial charge < -0.3 is 15.7 Å². The molecule has 0 heterocycles. The van der Waals surface area contributed by atoms with Crippen molar-refractivity contribution in [2.75, 3.05) is 6.54 Å². The zero-order valence-electron chi connectivity index (χ0n) is 12.3. The average Bonchev–Trinajstić information content (AvgIpc) is 2.50. The molecule has 0 aliphatic heterocycles. The molecule has 1 aliphatic rings. The Balaban J connectivity index is 1.64. The molecular weight excluding hydrogens is 287 g/mol. The molecule has 0 bridgehead atoms. The van der Waals surface area contributed by atoms with Gasteiger partial charge in [-0.05, 0) is 49.8 Å². The van der Waals surface area contributed by atoms with E-state index in [1.54, 1.807) is 12.1 Å². The molecule has 1 aliphatic carbocycles. The highest BCUT2D eigenvalue weighted by atomic mass is 19.1. The van der Waals surface area contributed by atoms with Gasteiger partial charge in [-0.2, -0.15) is 0 Å². The molecule has 5 nitrogen and oxygen atoms in total. The molecule has 6 heteroatoms. The minimum absolute atomic E-state index is 0.0430. The number of benzene rings is 1. The summed E-state index contributed by atoms with van der Waals surface area (Å²) < 4.78 is 12.8. The molecule has 3 N–H and O–H groups in total. The summed E-state index contributed by atoms with van der Waals surface area (Å²) in [6.07, 6.45) is 3.25. The standard InChI is InChI=1S/C16H21FN2O3/c17-13-5-1-11(2-6-13)9-10-18-16(22)19-14-7-3-12(4-8-14)15(20)21/h1-2,5-6,12,14H,3-4,7-10H2,(H,20,21)(H2,18,19,22). The smallest absolute Gasteiger partial charge is 0.315 e. The van der Waals surface area contributed by atoms with E-state index >= 15 is 0 Å². The summed E-state index contributed by atoms with van der Waals surface area (Å²) in [4.78, 5) is 22.6. The van der Waals surface area contributed by atoms with Crippen molar-refractivity contribution in [2.24, 2.45) is 5.92 Å². The summed E-state index contributed by atoms with van der Waals surface area (Å²) in [5, 5.41) is 14.6. The van der Waals surface area contributed by atoms with Crippen LogP contribution in [0.1, 0.15) is 31.2 Å². The molecule has 22 heavy (non-hydrogen) atoms. The predicted molar refractivity (Wildman–Crippen MR) is 80.0 cm³/mol. The Hall–Kier alpha value is -2.11. The highest BCUT2D eigenvalue weighted by molar-refractivity contribution is 5.74. The molecular formula is C16H21FN2O3. The molecule has 1 saturated carbocycles. The van der Waals surface area contributed by atoms with Crippen molar-refractivity contribution in [3.05, 3.63) is 35.6 Å². The summed E-state index contributed by atoms with van der Waals surface area (Å²) in [6.45, 7) is 0.474. The molecule has 2 amide bonds. The number of aliphatic carboxylic acids is 1. The Morgan fingerprint density at radius 3 is 2.36 bits per heavy atom. The van der Waals surface area contributed by atoms with E-state index < -0.39 is 5.97 Å². The van der Waals surface area contributed by atoms with Crippen molar-refractivity contribution >= 4 is 12.0 Å². The summed E-state index contributed by atoms with van der Waals surface area (Å²) in [5.74, 6) is -1.30. The first-order chi connectivity index (χ1) is 10.5. The molecule has 1 fully saturated rings. The second kappa shape index (κ2) is 7.77. The highest BCUT2D eigenvalue weighted by Gasteiger charge is 2.26. The lowest BCUT2D eigenvalue weighted by Crippen LogP contribution is -2.44. The second-order valence-electron chi connectivity index (χ2n) is 5.66. The summed E-state index contributed by atoms with van der Waals surface area (Å²) in [6, 6.07) is 6.00. The first-order valence-corrected chi connectivity index (χ1v) is 7.56. The van der Waals surface area contributed by atoms with Gasteiger partial charge in [0.05, 0.1) is 5.92 Å². The fourth-order valence-corrected chi connectivity index (χ4v) is 2.69. The van der Waals surface area contributed by atoms with Gasteiger partial charge in [-0.3, -0.25) is 4.79 Å². The number of amides is 2. The number of carboxylic acids is 1. The molecule has 2 rings (SSSR count). The molecule has 1 aromatic carbocycles. The maximum absolute atomic E-state index is 12.8. The number of carboxylic acid groups (broad SMARTS) is 1. The Labute approximate surface area is 128 Å². The first kappa shape index (κ1) is 16.3. The zero-order chi connectivity index (χ0) is 15.9. The lowest BCUT2D eigenvalue weighted by molar-refractivity contribution is -0.142. The number of hydrogen-bond acceptors (Lipinski definition) is 2. The molecule has 0 spiro atoms. The largest absolute Gasteiger partial charge is 0.481 e. The van der Waals surface area contributed by atoms with E-state index in [2.05, 4.69) is 10.6 Å². The van der Waals surface area contributed by atoms with E-state index in [0.29, 0.717) is 38.6 Å². The Bertz CT molecular complexity index is 511. The van der Waals surface area contributed by atoms with E-state index in [0.717, 1.165) is 5.56 Å². The van der Waals surface area contributed by atoms with Crippen LogP contribution in [-0.4, -0.2) is 29.7 Å². The van der Waals surface area contributed by atoms with Crippen molar-refractivity contribution < 1.29 is 19.1 Å². The Morgan fingerprint density at radius 2 is 1.77 bits per heavy atom. The van der Waals surface area contributed by atoms with Crippen LogP contribution in [0.4, 0.5) is 9.18 Å². The van der Waals surface area contributed by atoms with Crippen LogP contribution >= 0.6 is 0 Å². The number of rotatable bonds is 5. The first-order valence-electron chi connectivity index (χ1n) is 7.56. The molecule has 1 aromatic rings. The van der Waals surface area contributed by atoms with Crippen LogP contribution in [0.25, 0.3) is 0 Å². The maximum atomic E-state index is 12.8. The second-order valence-corrected chi connectivity index (χ2v) is 5.66. The lowest BCUT2D eigenvalue weighted by Gasteiger charge is -2.26. The van der Waals surface area contributed by atoms with Crippen LogP contribution in [-0.2, 0) is 11.2 Å². The van der Waals surface area contributed by atoms with E-state index in [4.69, 9.17) is 5.11 Å². The SMILES string of the molecule is O=C(NCCc1ccc(F)cc1)NC1CCC(C(=O)O)CC1. The quantitative estimate of drug-likeness (QED) is 0.781. The average molecular weight is 308 g/mol. The van der Waals surface area contributed by atoms with Gasteiger partial charge in [0.2, 0.25) is 0 Å². The molecule has 0 saturated heterocycles. The minimum atomic E-state index is -0.748. The van der Waals surface area contributed by atoms with Crippen LogP contribution in [0, 0.1) is 11.7 Å². The van der Waals surface area contributed by atoms with Crippen molar-refractivity contribution in [1.29, 1.82) is 0 Å². The molecule has 0 aromatic heterocycles. The van der Waals surface area contributed by atoms with Gasteiger partial charge >= 0.3 is 12.0 Å². The van der Waals surface area contributed by atoms with E-state index in [9.17, 15) is 14.0 Å². The normalized spacial score (nSPS) is 21.1. The number of carbonyl (C=O) groups is 2. The summed E-state index contributed by atoms with van der Waals surface area (Å²) in [7, 11) is 0. The van der Waals surface area contributed by atoms with Crippen molar-refractivity contribution in [3.8, 4) is 0 Å². The topological polar surface area (TPSA) is 78.4 Å². The van der Waals surface area contributed by atoms with E-state index in [1.807, 2.05) is 0 Å². The number of urea groups is 1. The van der Waals surface area contributed by atoms with Gasteiger partial charge in [0.25, 0.3) is 0 Å². The van der Waals surface area contributed by atoms with Crippen LogP contribution in [0.2, 0.25) is 0 Å². The van der Waals surface area contributed by atoms with Gasteiger partial charge in [-0.15, -0.1) is 0 Å². The van der Waals surface area contributed by atoms with E-state index in [1.165, 1.54) is 12.1 Å². The van der Waals surface area contributed by atoms with Crippen LogP contribution < -0.4 is 10.6 Å². The molecule has 0 radical (unpaired) electrons. The Morgan fingerprint density at radius 1 is 1.14 bits per heavy atom. The monoisotopic (exact) mass is 308 g/mol. The van der Waals surface area contributed by atoms with Gasteiger partial charge in [0, 0.05) is 12.6 Å². The molecule has 0 unspecified atom stereocenters. The van der Waals surface area contributed by atoms with Gasteiger partial charge in [-0.1, -0.05) is 12.1 Å². The zero-order valence-corrected chi connectivity index (χ0v) is 12.3. The number of carbonyl (C=O) groups excluding carboxylic acids is 1. The third-order valence-corrected chi connectivity index (χ3v) is 4.02. The van der Waals surface area contributed by atoms with Crippen LogP contribution in [0.3, 0.4) is 0 Å². The number of nitrogens with one attached hydrogen (secondary N) is 2. The number of halogens is 1. The third kappa shape index (κ3) is 5.02. The summed E-state index contributed by atoms with van der Waals surface area (Å²) in [5.41, 5.74) is 0.962. The van der Waals surface area contributed by atoms with Crippen molar-refractivity contribution in [1.82, 2.24) is 10.6 Å². The minimum Gasteiger partial charge on any atom is -0.481 e. The summed E-state index contributed by atoms with van der Waals surface area (Å²) >= 11 is 0. The fourth-order valence-electron chi connectivity index (χ4n) is 2.69. The van der Waals surface area contributed by atoms with Crippen LogP contribution in [0.15, 0.2) is 24.3 Å². The fraction of sp³-hybridized carbons (Fsp3) is 0.500. The van der Waals surface area contributed by atoms with Gasteiger partial charge in [-0.25, -0.2) is 9.18 Å². The third-order valence-electron chi connectivity index (χ3n) is 4.02. The van der Waals surface area contributed by atoms with Gasteiger partial charge in [0.1, 0.15) is 5.82 Å². The molecule has 0 atom stereocenters. The lowest BCUT2D eigenvalue weighted by atomic mass is 9.86. The van der Waals surface area contributed by atoms with Crippen LogP contribution in [0.5, 0.6) is 0 Å². The van der Waals surface area contributed by atoms with Crippen molar-refractivity contribution in [2.45, 2.75) is 38.1 Å². The molecule has 120 valence electrons. The maximum Gasteiger partial charge on any atom is 0.315 e. The Kier molecular flexibility index (Phi) is 5.75. The van der Waals surface area contributed by atoms with Gasteiger partial charge in [0.15, 0.2) is 0 Å². The number of hydrogen-bond donors (Lipinski definition) is 3. The predicted octanol–water partition coefficient (Wildman–Crippen LogP) is 2.31. The highest BCUT2D eigenvalue weighted by Crippen LogP contribution is 2.24.